The van der Waals surface area contributed by atoms with E-state index in [0.29, 0.717) is 11.6 Å². The third-order valence-corrected chi connectivity index (χ3v) is 5.45. The molecule has 24 heavy (non-hydrogen) atoms. The number of rotatable bonds is 4. The van der Waals surface area contributed by atoms with Crippen molar-refractivity contribution in [1.82, 2.24) is 20.0 Å². The number of fused-ring (bicyclic) bond motifs is 4. The van der Waals surface area contributed by atoms with Gasteiger partial charge in [-0.25, -0.2) is 0 Å². The summed E-state index contributed by atoms with van der Waals surface area (Å²) in [4.78, 5) is 15.3. The minimum absolute atomic E-state index is 0.0592. The number of hydrogen-bond acceptors (Lipinski definition) is 4. The fraction of sp³-hybridized carbons (Fsp3) is 0.556. The maximum Gasteiger partial charge on any atom is 0.272 e. The number of nitrogens with one attached hydrogen (secondary N) is 1. The van der Waals surface area contributed by atoms with Gasteiger partial charge in [-0.15, -0.1) is 0 Å². The highest BCUT2D eigenvalue weighted by Gasteiger charge is 2.35. The smallest absolute Gasteiger partial charge is 0.272 e. The molecule has 0 saturated carbocycles. The maximum absolute atomic E-state index is 12.9. The second kappa shape index (κ2) is 6.09. The molecule has 2 aromatic rings. The number of methoxy groups -OCH3 is 1. The van der Waals surface area contributed by atoms with Crippen LogP contribution in [-0.2, 0) is 6.54 Å². The van der Waals surface area contributed by atoms with Gasteiger partial charge in [0.2, 0.25) is 0 Å². The van der Waals surface area contributed by atoms with Crippen LogP contribution >= 0.6 is 0 Å². The van der Waals surface area contributed by atoms with Gasteiger partial charge in [0.25, 0.3) is 5.91 Å². The van der Waals surface area contributed by atoms with Crippen LogP contribution in [0.1, 0.15) is 30.3 Å². The molecule has 3 fully saturated rings. The Morgan fingerprint density at radius 3 is 2.79 bits per heavy atom. The van der Waals surface area contributed by atoms with Crippen LogP contribution in [0, 0.1) is 5.92 Å². The van der Waals surface area contributed by atoms with E-state index in [-0.39, 0.29) is 11.9 Å². The quantitative estimate of drug-likeness (QED) is 0.931. The standard InChI is InChI=1S/C18H24N4O2/c1-3-22-16-10-13(24-2)4-5-14(16)17(20-22)18(23)19-15-11-21-8-6-12(15)7-9-21/h4-5,10,12,15H,3,6-9,11H2,1-2H3,(H,19,23)/t15-/m1/s1. The summed E-state index contributed by atoms with van der Waals surface area (Å²) >= 11 is 0. The van der Waals surface area contributed by atoms with Crippen molar-refractivity contribution in [2.75, 3.05) is 26.7 Å². The first kappa shape index (κ1) is 15.4. The molecule has 3 aliphatic rings. The molecule has 3 saturated heterocycles. The lowest BCUT2D eigenvalue weighted by molar-refractivity contribution is 0.0618. The average Bonchev–Trinajstić information content (AvgIpc) is 3.00. The fourth-order valence-electron chi connectivity index (χ4n) is 4.05. The van der Waals surface area contributed by atoms with E-state index in [9.17, 15) is 4.79 Å². The lowest BCUT2D eigenvalue weighted by Crippen LogP contribution is -2.57. The lowest BCUT2D eigenvalue weighted by Gasteiger charge is -2.44. The van der Waals surface area contributed by atoms with Crippen LogP contribution in [0.3, 0.4) is 0 Å². The van der Waals surface area contributed by atoms with Gasteiger partial charge in [-0.05, 0) is 50.9 Å². The summed E-state index contributed by atoms with van der Waals surface area (Å²) in [5, 5.41) is 8.67. The van der Waals surface area contributed by atoms with E-state index < -0.39 is 0 Å². The van der Waals surface area contributed by atoms with Gasteiger partial charge in [-0.1, -0.05) is 0 Å². The molecule has 1 N–H and O–H groups in total. The van der Waals surface area contributed by atoms with E-state index in [1.807, 2.05) is 29.8 Å². The third-order valence-electron chi connectivity index (χ3n) is 5.45. The number of ether oxygens (including phenoxy) is 1. The molecule has 0 aliphatic carbocycles. The molecule has 128 valence electrons. The maximum atomic E-state index is 12.9. The van der Waals surface area contributed by atoms with Crippen LogP contribution in [-0.4, -0.2) is 53.4 Å². The van der Waals surface area contributed by atoms with Gasteiger partial charge in [-0.2, -0.15) is 5.10 Å². The molecule has 6 nitrogen and oxygen atoms in total. The van der Waals surface area contributed by atoms with Gasteiger partial charge in [0.1, 0.15) is 5.75 Å². The molecule has 0 unspecified atom stereocenters. The minimum atomic E-state index is -0.0592. The average molecular weight is 328 g/mol. The Balaban J connectivity index is 1.62. The van der Waals surface area contributed by atoms with Crippen molar-refractivity contribution in [2.45, 2.75) is 32.4 Å². The number of piperidine rings is 3. The highest BCUT2D eigenvalue weighted by molar-refractivity contribution is 6.05. The molecule has 1 amide bonds. The highest BCUT2D eigenvalue weighted by atomic mass is 16.5. The predicted octanol–water partition coefficient (Wildman–Crippen LogP) is 1.89. The second-order valence-corrected chi connectivity index (χ2v) is 6.77. The van der Waals surface area contributed by atoms with Crippen molar-refractivity contribution in [3.8, 4) is 5.75 Å². The number of aryl methyl sites for hydroxylation is 1. The molecule has 2 bridgehead atoms. The Morgan fingerprint density at radius 1 is 1.38 bits per heavy atom. The van der Waals surface area contributed by atoms with Gasteiger partial charge in [-0.3, -0.25) is 9.48 Å². The van der Waals surface area contributed by atoms with Crippen molar-refractivity contribution in [2.24, 2.45) is 5.92 Å². The molecule has 0 radical (unpaired) electrons. The number of aromatic nitrogens is 2. The van der Waals surface area contributed by atoms with Gasteiger partial charge in [0, 0.05) is 30.6 Å². The van der Waals surface area contributed by atoms with Gasteiger partial charge < -0.3 is 15.0 Å². The fourth-order valence-corrected chi connectivity index (χ4v) is 4.05. The molecule has 1 atom stereocenters. The molecule has 4 heterocycles. The molecule has 3 aliphatic heterocycles. The Labute approximate surface area is 141 Å². The molecule has 1 aromatic heterocycles. The monoisotopic (exact) mass is 328 g/mol. The predicted molar refractivity (Wildman–Crippen MR) is 92.4 cm³/mol. The first-order valence-electron chi connectivity index (χ1n) is 8.77. The summed E-state index contributed by atoms with van der Waals surface area (Å²) in [5.74, 6) is 1.33. The zero-order valence-electron chi connectivity index (χ0n) is 14.3. The van der Waals surface area contributed by atoms with E-state index in [4.69, 9.17) is 4.74 Å². The number of nitrogens with zero attached hydrogens (tertiary/aromatic N) is 3. The highest BCUT2D eigenvalue weighted by Crippen LogP contribution is 2.28. The Hall–Kier alpha value is -2.08. The summed E-state index contributed by atoms with van der Waals surface area (Å²) in [6, 6.07) is 6.00. The van der Waals surface area contributed by atoms with Crippen molar-refractivity contribution < 1.29 is 9.53 Å². The molecule has 5 rings (SSSR count). The first-order chi connectivity index (χ1) is 11.7. The van der Waals surface area contributed by atoms with Crippen molar-refractivity contribution in [3.05, 3.63) is 23.9 Å². The normalized spacial score (nSPS) is 25.8. The lowest BCUT2D eigenvalue weighted by atomic mass is 9.84. The van der Waals surface area contributed by atoms with E-state index in [2.05, 4.69) is 15.3 Å². The molecule has 6 heteroatoms. The van der Waals surface area contributed by atoms with E-state index in [1.54, 1.807) is 7.11 Å². The van der Waals surface area contributed by atoms with Crippen LogP contribution < -0.4 is 10.1 Å². The number of hydrogen-bond donors (Lipinski definition) is 1. The Kier molecular flexibility index (Phi) is 3.92. The minimum Gasteiger partial charge on any atom is -0.497 e. The summed E-state index contributed by atoms with van der Waals surface area (Å²) in [5.41, 5.74) is 1.46. The Morgan fingerprint density at radius 2 is 2.17 bits per heavy atom. The third kappa shape index (κ3) is 2.55. The summed E-state index contributed by atoms with van der Waals surface area (Å²) in [6.07, 6.45) is 2.37. The molecule has 1 aromatic carbocycles. The SMILES string of the molecule is CCn1nc(C(=O)N[C@@H]2CN3CCC2CC3)c2ccc(OC)cc21. The number of carbonyl (C=O) groups excluding carboxylic acids is 1. The van der Waals surface area contributed by atoms with Crippen molar-refractivity contribution in [1.29, 1.82) is 0 Å². The zero-order valence-corrected chi connectivity index (χ0v) is 14.3. The zero-order chi connectivity index (χ0) is 16.7. The molecular formula is C18H24N4O2. The Bertz CT molecular complexity index is 762. The van der Waals surface area contributed by atoms with E-state index in [0.717, 1.165) is 29.7 Å². The summed E-state index contributed by atoms with van der Waals surface area (Å²) in [7, 11) is 1.65. The topological polar surface area (TPSA) is 59.4 Å². The van der Waals surface area contributed by atoms with E-state index >= 15 is 0 Å². The summed E-state index contributed by atoms with van der Waals surface area (Å²) in [6.45, 7) is 6.06. The van der Waals surface area contributed by atoms with Crippen molar-refractivity contribution >= 4 is 16.8 Å². The largest absolute Gasteiger partial charge is 0.497 e. The van der Waals surface area contributed by atoms with Gasteiger partial charge in [0.15, 0.2) is 5.69 Å². The molecule has 0 spiro atoms. The van der Waals surface area contributed by atoms with Gasteiger partial charge >= 0.3 is 0 Å². The van der Waals surface area contributed by atoms with Crippen LogP contribution in [0.2, 0.25) is 0 Å². The number of amides is 1. The first-order valence-corrected chi connectivity index (χ1v) is 8.77. The second-order valence-electron chi connectivity index (χ2n) is 6.77. The van der Waals surface area contributed by atoms with Crippen LogP contribution in [0.5, 0.6) is 5.75 Å². The summed E-state index contributed by atoms with van der Waals surface area (Å²) < 4.78 is 7.16. The van der Waals surface area contributed by atoms with Gasteiger partial charge in [0.05, 0.1) is 12.6 Å². The van der Waals surface area contributed by atoms with Crippen LogP contribution in [0.4, 0.5) is 0 Å². The van der Waals surface area contributed by atoms with Crippen LogP contribution in [0.25, 0.3) is 10.9 Å². The number of benzene rings is 1. The van der Waals surface area contributed by atoms with E-state index in [1.165, 1.54) is 25.9 Å². The van der Waals surface area contributed by atoms with Crippen molar-refractivity contribution in [3.63, 3.8) is 0 Å². The molecular weight excluding hydrogens is 304 g/mol. The van der Waals surface area contributed by atoms with Crippen LogP contribution in [0.15, 0.2) is 18.2 Å². The number of carbonyl (C=O) groups is 1.